The highest BCUT2D eigenvalue weighted by molar-refractivity contribution is 7.99. The van der Waals surface area contributed by atoms with E-state index in [-0.39, 0.29) is 17.0 Å². The second kappa shape index (κ2) is 7.38. The van der Waals surface area contributed by atoms with E-state index in [4.69, 9.17) is 23.2 Å². The summed E-state index contributed by atoms with van der Waals surface area (Å²) < 4.78 is 0. The number of benzene rings is 2. The van der Waals surface area contributed by atoms with E-state index in [1.165, 1.54) is 18.2 Å². The molecule has 1 aromatic heterocycles. The molecule has 0 aliphatic carbocycles. The van der Waals surface area contributed by atoms with Crippen molar-refractivity contribution in [2.45, 2.75) is 5.16 Å². The number of hydrogen-bond donors (Lipinski definition) is 1. The maximum Gasteiger partial charge on any atom is 0.306 e. The van der Waals surface area contributed by atoms with Crippen molar-refractivity contribution in [1.29, 1.82) is 0 Å². The van der Waals surface area contributed by atoms with E-state index in [2.05, 4.69) is 15.2 Å². The molecule has 0 bridgehead atoms. The summed E-state index contributed by atoms with van der Waals surface area (Å²) >= 11 is 12.8. The number of H-pyrrole nitrogens is 1. The summed E-state index contributed by atoms with van der Waals surface area (Å²) in [6, 6.07) is 11.4. The van der Waals surface area contributed by atoms with E-state index in [0.29, 0.717) is 21.0 Å². The summed E-state index contributed by atoms with van der Waals surface area (Å²) in [7, 11) is 0. The molecule has 2 aromatic carbocycles. The number of amides is 2. The Kier molecular flexibility index (Phi) is 4.92. The Morgan fingerprint density at radius 3 is 2.54 bits per heavy atom. The van der Waals surface area contributed by atoms with Gasteiger partial charge in [-0.3, -0.25) is 19.5 Å². The highest BCUT2D eigenvalue weighted by Gasteiger charge is 2.39. The van der Waals surface area contributed by atoms with Gasteiger partial charge in [0.2, 0.25) is 11.1 Å². The first kappa shape index (κ1) is 18.7. The number of aromatic amines is 1. The minimum absolute atomic E-state index is 0.112. The molecule has 4 rings (SSSR count). The summed E-state index contributed by atoms with van der Waals surface area (Å²) in [6.07, 6.45) is 0. The van der Waals surface area contributed by atoms with Crippen molar-refractivity contribution < 1.29 is 14.4 Å². The number of nitrogens with zero attached hydrogens (tertiary/aromatic N) is 3. The van der Waals surface area contributed by atoms with Crippen LogP contribution in [0.4, 0.5) is 5.69 Å². The van der Waals surface area contributed by atoms with Gasteiger partial charge < -0.3 is 0 Å². The molecule has 0 saturated heterocycles. The molecular formula is C18H10Cl2N4O3S. The summed E-state index contributed by atoms with van der Waals surface area (Å²) in [5.41, 5.74) is 1.15. The van der Waals surface area contributed by atoms with Gasteiger partial charge in [0.25, 0.3) is 5.78 Å². The van der Waals surface area contributed by atoms with Gasteiger partial charge in [-0.25, -0.2) is 9.88 Å². The minimum Gasteiger partial charge on any atom is -0.283 e. The third kappa shape index (κ3) is 3.42. The number of aromatic nitrogens is 3. The molecule has 2 heterocycles. The Labute approximate surface area is 173 Å². The Morgan fingerprint density at radius 2 is 1.79 bits per heavy atom. The number of thioether (sulfide) groups is 1. The number of carbonyl (C=O) groups is 3. The third-order valence-corrected chi connectivity index (χ3v) is 5.32. The molecule has 0 spiro atoms. The van der Waals surface area contributed by atoms with Crippen molar-refractivity contribution in [2.24, 2.45) is 0 Å². The van der Waals surface area contributed by atoms with Gasteiger partial charge in [0.1, 0.15) is 0 Å². The first-order chi connectivity index (χ1) is 13.4. The van der Waals surface area contributed by atoms with Crippen LogP contribution >= 0.6 is 35.0 Å². The molecule has 140 valence electrons. The van der Waals surface area contributed by atoms with Crippen LogP contribution in [0.15, 0.2) is 47.6 Å². The standard InChI is InChI=1S/C18H10Cl2N4O3S/c19-10-3-1-9(2-4-10)16-21-18(23-22-16)28-8-14(25)24-13-6-5-11(20)7-12(13)15(26)17(24)27/h1-7H,8H2,(H,21,22,23). The van der Waals surface area contributed by atoms with Crippen molar-refractivity contribution in [2.75, 3.05) is 10.7 Å². The SMILES string of the molecule is O=C1C(=O)N(C(=O)CSc2n[nH]c(-c3ccc(Cl)cc3)n2)c2ccc(Cl)cc21. The lowest BCUT2D eigenvalue weighted by atomic mass is 10.1. The number of anilines is 1. The number of imide groups is 1. The van der Waals surface area contributed by atoms with Crippen molar-refractivity contribution in [3.63, 3.8) is 0 Å². The molecule has 28 heavy (non-hydrogen) atoms. The zero-order valence-electron chi connectivity index (χ0n) is 14.0. The number of carbonyl (C=O) groups excluding carboxylic acids is 3. The van der Waals surface area contributed by atoms with Crippen LogP contribution in [-0.2, 0) is 9.59 Å². The topological polar surface area (TPSA) is 96.0 Å². The van der Waals surface area contributed by atoms with Gasteiger partial charge in [-0.1, -0.05) is 35.0 Å². The highest BCUT2D eigenvalue weighted by atomic mass is 35.5. The Balaban J connectivity index is 1.48. The minimum atomic E-state index is -0.889. The molecule has 0 fully saturated rings. The summed E-state index contributed by atoms with van der Waals surface area (Å²) in [5.74, 6) is -1.77. The zero-order valence-corrected chi connectivity index (χ0v) is 16.3. The van der Waals surface area contributed by atoms with Crippen LogP contribution in [0.1, 0.15) is 10.4 Å². The quantitative estimate of drug-likeness (QED) is 0.499. The van der Waals surface area contributed by atoms with Crippen LogP contribution in [0.5, 0.6) is 0 Å². The Hall–Kier alpha value is -2.68. The molecule has 1 N–H and O–H groups in total. The predicted octanol–water partition coefficient (Wildman–Crippen LogP) is 3.63. The van der Waals surface area contributed by atoms with E-state index in [9.17, 15) is 14.4 Å². The molecule has 3 aromatic rings. The van der Waals surface area contributed by atoms with Crippen molar-refractivity contribution >= 4 is 58.2 Å². The van der Waals surface area contributed by atoms with E-state index < -0.39 is 17.6 Å². The van der Waals surface area contributed by atoms with Crippen LogP contribution in [0.25, 0.3) is 11.4 Å². The van der Waals surface area contributed by atoms with Gasteiger partial charge in [0.05, 0.1) is 17.0 Å². The molecule has 0 unspecified atom stereocenters. The Morgan fingerprint density at radius 1 is 1.07 bits per heavy atom. The number of fused-ring (bicyclic) bond motifs is 1. The summed E-state index contributed by atoms with van der Waals surface area (Å²) in [4.78, 5) is 42.0. The second-order valence-corrected chi connectivity index (χ2v) is 7.60. The molecule has 0 radical (unpaired) electrons. The van der Waals surface area contributed by atoms with Crippen LogP contribution in [0.3, 0.4) is 0 Å². The molecule has 1 aliphatic heterocycles. The molecule has 0 saturated carbocycles. The lowest BCUT2D eigenvalue weighted by molar-refractivity contribution is -0.122. The number of nitrogens with one attached hydrogen (secondary N) is 1. The normalized spacial score (nSPS) is 13.1. The van der Waals surface area contributed by atoms with E-state index in [1.807, 2.05) is 0 Å². The monoisotopic (exact) mass is 432 g/mol. The number of rotatable bonds is 4. The maximum absolute atomic E-state index is 12.6. The zero-order chi connectivity index (χ0) is 19.8. The van der Waals surface area contributed by atoms with E-state index in [1.54, 1.807) is 24.3 Å². The fourth-order valence-electron chi connectivity index (χ4n) is 2.70. The third-order valence-electron chi connectivity index (χ3n) is 4.00. The van der Waals surface area contributed by atoms with Crippen LogP contribution in [-0.4, -0.2) is 38.5 Å². The van der Waals surface area contributed by atoms with Crippen LogP contribution < -0.4 is 4.90 Å². The van der Waals surface area contributed by atoms with Crippen LogP contribution in [0, 0.1) is 0 Å². The first-order valence-electron chi connectivity index (χ1n) is 7.96. The molecule has 1 aliphatic rings. The average Bonchev–Trinajstić information content (AvgIpc) is 3.25. The summed E-state index contributed by atoms with van der Waals surface area (Å²) in [6.45, 7) is 0. The van der Waals surface area contributed by atoms with Crippen molar-refractivity contribution in [3.8, 4) is 11.4 Å². The molecule has 0 atom stereocenters. The molecule has 2 amide bonds. The van der Waals surface area contributed by atoms with Gasteiger partial charge in [-0.15, -0.1) is 5.10 Å². The number of Topliss-reactive ketones (excluding diaryl/α,β-unsaturated/α-hetero) is 1. The number of ketones is 1. The van der Waals surface area contributed by atoms with E-state index >= 15 is 0 Å². The lowest BCUT2D eigenvalue weighted by Gasteiger charge is -2.13. The first-order valence-corrected chi connectivity index (χ1v) is 9.70. The molecule has 7 nitrogen and oxygen atoms in total. The summed E-state index contributed by atoms with van der Waals surface area (Å²) in [5, 5.41) is 8.11. The largest absolute Gasteiger partial charge is 0.306 e. The van der Waals surface area contributed by atoms with Gasteiger partial charge in [0, 0.05) is 15.6 Å². The second-order valence-electron chi connectivity index (χ2n) is 5.79. The average molecular weight is 433 g/mol. The fraction of sp³-hybridized carbons (Fsp3) is 0.0556. The molecular weight excluding hydrogens is 423 g/mol. The smallest absolute Gasteiger partial charge is 0.283 e. The van der Waals surface area contributed by atoms with Crippen molar-refractivity contribution in [1.82, 2.24) is 15.2 Å². The number of hydrogen-bond acceptors (Lipinski definition) is 6. The van der Waals surface area contributed by atoms with Gasteiger partial charge in [-0.05, 0) is 42.5 Å². The maximum atomic E-state index is 12.6. The molecule has 10 heteroatoms. The predicted molar refractivity (Wildman–Crippen MR) is 106 cm³/mol. The van der Waals surface area contributed by atoms with E-state index in [0.717, 1.165) is 22.2 Å². The Bertz CT molecular complexity index is 1110. The van der Waals surface area contributed by atoms with Crippen molar-refractivity contribution in [3.05, 3.63) is 58.1 Å². The van der Waals surface area contributed by atoms with Gasteiger partial charge in [-0.2, -0.15) is 0 Å². The van der Waals surface area contributed by atoms with Gasteiger partial charge in [0.15, 0.2) is 5.82 Å². The van der Waals surface area contributed by atoms with Gasteiger partial charge >= 0.3 is 5.91 Å². The highest BCUT2D eigenvalue weighted by Crippen LogP contribution is 2.32. The lowest BCUT2D eigenvalue weighted by Crippen LogP contribution is -2.37. The fourth-order valence-corrected chi connectivity index (χ4v) is 3.64. The number of halogens is 2. The van der Waals surface area contributed by atoms with Crippen LogP contribution in [0.2, 0.25) is 10.0 Å².